The minimum absolute atomic E-state index is 0. The summed E-state index contributed by atoms with van der Waals surface area (Å²) >= 11 is 0. The van der Waals surface area contributed by atoms with E-state index >= 15 is 0 Å². The molecule has 0 aromatic heterocycles. The number of halogens is 3. The van der Waals surface area contributed by atoms with E-state index in [0.29, 0.717) is 37.8 Å². The SMILES string of the molecule is Cl.O=C(O)c1cc(F)c(F)cc1O[C@H]1CC[C@H]2CN[C@H](C(=O)O)C[C@H]2C1. The minimum Gasteiger partial charge on any atom is -0.489 e. The summed E-state index contributed by atoms with van der Waals surface area (Å²) in [5.41, 5.74) is -0.422. The van der Waals surface area contributed by atoms with Gasteiger partial charge in [0, 0.05) is 6.07 Å². The number of piperidine rings is 1. The Morgan fingerprint density at radius 2 is 1.77 bits per heavy atom. The van der Waals surface area contributed by atoms with Gasteiger partial charge in [0.05, 0.1) is 6.10 Å². The molecule has 1 aliphatic carbocycles. The van der Waals surface area contributed by atoms with E-state index in [1.807, 2.05) is 0 Å². The van der Waals surface area contributed by atoms with E-state index in [1.54, 1.807) is 0 Å². The Balaban J connectivity index is 0.00000243. The lowest BCUT2D eigenvalue weighted by Gasteiger charge is -2.41. The number of carboxylic acids is 2. The van der Waals surface area contributed by atoms with Crippen molar-refractivity contribution in [2.75, 3.05) is 6.54 Å². The Morgan fingerprint density at radius 1 is 1.08 bits per heavy atom. The zero-order chi connectivity index (χ0) is 18.1. The van der Waals surface area contributed by atoms with Crippen molar-refractivity contribution >= 4 is 24.3 Å². The van der Waals surface area contributed by atoms with Crippen LogP contribution in [0.5, 0.6) is 5.75 Å². The summed E-state index contributed by atoms with van der Waals surface area (Å²) in [5.74, 6) is -4.40. The number of carbonyl (C=O) groups is 2. The maximum absolute atomic E-state index is 13.5. The molecule has 4 atom stereocenters. The van der Waals surface area contributed by atoms with E-state index in [4.69, 9.17) is 14.9 Å². The summed E-state index contributed by atoms with van der Waals surface area (Å²) in [5, 5.41) is 21.3. The number of benzene rings is 1. The van der Waals surface area contributed by atoms with Gasteiger partial charge in [-0.2, -0.15) is 0 Å². The van der Waals surface area contributed by atoms with Crippen LogP contribution in [-0.2, 0) is 4.79 Å². The number of nitrogens with one attached hydrogen (secondary N) is 1. The molecule has 1 aromatic carbocycles. The van der Waals surface area contributed by atoms with Crippen LogP contribution in [0.2, 0.25) is 0 Å². The van der Waals surface area contributed by atoms with Crippen LogP contribution >= 0.6 is 12.4 Å². The van der Waals surface area contributed by atoms with Gasteiger partial charge < -0.3 is 20.3 Å². The summed E-state index contributed by atoms with van der Waals surface area (Å²) in [7, 11) is 0. The highest BCUT2D eigenvalue weighted by Crippen LogP contribution is 2.38. The number of fused-ring (bicyclic) bond motifs is 1. The number of hydrogen-bond acceptors (Lipinski definition) is 4. The molecule has 26 heavy (non-hydrogen) atoms. The molecule has 1 heterocycles. The quantitative estimate of drug-likeness (QED) is 0.730. The van der Waals surface area contributed by atoms with Crippen molar-refractivity contribution in [3.05, 3.63) is 29.3 Å². The summed E-state index contributed by atoms with van der Waals surface area (Å²) in [6.45, 7) is 0.625. The van der Waals surface area contributed by atoms with Crippen LogP contribution in [0.15, 0.2) is 12.1 Å². The topological polar surface area (TPSA) is 95.9 Å². The first-order chi connectivity index (χ1) is 11.8. The van der Waals surface area contributed by atoms with E-state index in [-0.39, 0.29) is 30.2 Å². The summed E-state index contributed by atoms with van der Waals surface area (Å²) < 4.78 is 32.4. The monoisotopic (exact) mass is 391 g/mol. The van der Waals surface area contributed by atoms with Gasteiger partial charge in [-0.05, 0) is 50.1 Å². The Labute approximate surface area is 154 Å². The zero-order valence-corrected chi connectivity index (χ0v) is 14.6. The van der Waals surface area contributed by atoms with Gasteiger partial charge >= 0.3 is 11.9 Å². The highest BCUT2D eigenvalue weighted by Gasteiger charge is 2.38. The van der Waals surface area contributed by atoms with Crippen LogP contribution in [0.4, 0.5) is 8.78 Å². The lowest BCUT2D eigenvalue weighted by molar-refractivity contribution is -0.141. The molecule has 0 bridgehead atoms. The van der Waals surface area contributed by atoms with Crippen LogP contribution in [-0.4, -0.2) is 40.8 Å². The smallest absolute Gasteiger partial charge is 0.339 e. The van der Waals surface area contributed by atoms with E-state index in [1.165, 1.54) is 0 Å². The number of rotatable bonds is 4. The Hall–Kier alpha value is -1.93. The van der Waals surface area contributed by atoms with E-state index < -0.39 is 35.2 Å². The molecule has 1 saturated carbocycles. The third-order valence-corrected chi connectivity index (χ3v) is 5.10. The van der Waals surface area contributed by atoms with Gasteiger partial charge in [-0.15, -0.1) is 12.4 Å². The van der Waals surface area contributed by atoms with Crippen molar-refractivity contribution in [2.24, 2.45) is 11.8 Å². The molecule has 3 N–H and O–H groups in total. The largest absolute Gasteiger partial charge is 0.489 e. The van der Waals surface area contributed by atoms with Crippen LogP contribution < -0.4 is 10.1 Å². The molecular formula is C17H20ClF2NO5. The van der Waals surface area contributed by atoms with Gasteiger partial charge in [0.1, 0.15) is 17.4 Å². The lowest BCUT2D eigenvalue weighted by atomic mass is 9.72. The van der Waals surface area contributed by atoms with Crippen LogP contribution in [0.25, 0.3) is 0 Å². The van der Waals surface area contributed by atoms with Gasteiger partial charge in [-0.1, -0.05) is 0 Å². The normalized spacial score (nSPS) is 27.8. The van der Waals surface area contributed by atoms with Gasteiger partial charge in [0.2, 0.25) is 0 Å². The third kappa shape index (κ3) is 4.24. The van der Waals surface area contributed by atoms with Crippen molar-refractivity contribution in [1.82, 2.24) is 5.32 Å². The van der Waals surface area contributed by atoms with Crippen molar-refractivity contribution in [3.8, 4) is 5.75 Å². The molecule has 1 aliphatic heterocycles. The number of aromatic carboxylic acids is 1. The predicted molar refractivity (Wildman–Crippen MR) is 89.9 cm³/mol. The number of aliphatic carboxylic acids is 1. The summed E-state index contributed by atoms with van der Waals surface area (Å²) in [4.78, 5) is 22.4. The highest BCUT2D eigenvalue weighted by atomic mass is 35.5. The maximum Gasteiger partial charge on any atom is 0.339 e. The molecular weight excluding hydrogens is 372 g/mol. The van der Waals surface area contributed by atoms with Gasteiger partial charge in [-0.3, -0.25) is 4.79 Å². The molecule has 0 radical (unpaired) electrons. The molecule has 2 fully saturated rings. The summed E-state index contributed by atoms with van der Waals surface area (Å²) in [6.07, 6.45) is 2.15. The van der Waals surface area contributed by atoms with Gasteiger partial charge in [-0.25, -0.2) is 13.6 Å². The molecule has 1 aromatic rings. The van der Waals surface area contributed by atoms with E-state index in [0.717, 1.165) is 12.5 Å². The molecule has 3 rings (SSSR count). The Kier molecular flexibility index (Phi) is 6.41. The molecule has 144 valence electrons. The first-order valence-electron chi connectivity index (χ1n) is 8.20. The predicted octanol–water partition coefficient (Wildman–Crippen LogP) is 2.70. The van der Waals surface area contributed by atoms with Gasteiger partial charge in [0.25, 0.3) is 0 Å². The fourth-order valence-electron chi connectivity index (χ4n) is 3.79. The van der Waals surface area contributed by atoms with Crippen LogP contribution in [0.1, 0.15) is 36.0 Å². The third-order valence-electron chi connectivity index (χ3n) is 5.10. The lowest BCUT2D eigenvalue weighted by Crippen LogP contribution is -2.50. The number of ether oxygens (including phenoxy) is 1. The van der Waals surface area contributed by atoms with Crippen LogP contribution in [0.3, 0.4) is 0 Å². The highest BCUT2D eigenvalue weighted by molar-refractivity contribution is 5.90. The maximum atomic E-state index is 13.5. The van der Waals surface area contributed by atoms with Crippen molar-refractivity contribution < 1.29 is 33.3 Å². The van der Waals surface area contributed by atoms with Crippen molar-refractivity contribution in [3.63, 3.8) is 0 Å². The standard InChI is InChI=1S/C17H19F2NO5.ClH/c18-12-5-11(16(21)22)15(6-13(12)19)25-10-2-1-8-7-20-14(17(23)24)4-9(8)3-10;/h5-6,8-10,14,20H,1-4,7H2,(H,21,22)(H,23,24);1H/t8-,9+,10-,14-;/m0./s1. The summed E-state index contributed by atoms with van der Waals surface area (Å²) in [6, 6.07) is 0.773. The molecule has 0 amide bonds. The Bertz CT molecular complexity index is 702. The average Bonchev–Trinajstić information content (AvgIpc) is 2.57. The fraction of sp³-hybridized carbons (Fsp3) is 0.529. The second-order valence-corrected chi connectivity index (χ2v) is 6.68. The number of hydrogen-bond donors (Lipinski definition) is 3. The molecule has 0 unspecified atom stereocenters. The fourth-order valence-corrected chi connectivity index (χ4v) is 3.79. The average molecular weight is 392 g/mol. The Morgan fingerprint density at radius 3 is 2.42 bits per heavy atom. The first-order valence-corrected chi connectivity index (χ1v) is 8.20. The zero-order valence-electron chi connectivity index (χ0n) is 13.8. The first kappa shape index (κ1) is 20.4. The van der Waals surface area contributed by atoms with E-state index in [2.05, 4.69) is 5.32 Å². The molecule has 1 saturated heterocycles. The molecule has 6 nitrogen and oxygen atoms in total. The van der Waals surface area contributed by atoms with E-state index in [9.17, 15) is 18.4 Å². The number of carboxylic acid groups (broad SMARTS) is 2. The second kappa shape index (κ2) is 8.18. The van der Waals surface area contributed by atoms with Crippen LogP contribution in [0, 0.1) is 23.5 Å². The molecule has 0 spiro atoms. The molecule has 9 heteroatoms. The van der Waals surface area contributed by atoms with Crippen molar-refractivity contribution in [1.29, 1.82) is 0 Å². The second-order valence-electron chi connectivity index (χ2n) is 6.68. The van der Waals surface area contributed by atoms with Crippen molar-refractivity contribution in [2.45, 2.75) is 37.8 Å². The molecule has 2 aliphatic rings. The van der Waals surface area contributed by atoms with Gasteiger partial charge in [0.15, 0.2) is 11.6 Å². The minimum atomic E-state index is -1.39.